The summed E-state index contributed by atoms with van der Waals surface area (Å²) in [6.07, 6.45) is 2.42. The van der Waals surface area contributed by atoms with Crippen LogP contribution in [0.1, 0.15) is 20.8 Å². The van der Waals surface area contributed by atoms with E-state index in [0.29, 0.717) is 44.3 Å². The third-order valence-corrected chi connectivity index (χ3v) is 7.28. The molecule has 1 aliphatic heterocycles. The number of ether oxygens (including phenoxy) is 3. The molecule has 0 saturated carbocycles. The van der Waals surface area contributed by atoms with Crippen LogP contribution in [-0.4, -0.2) is 41.9 Å². The minimum Gasteiger partial charge on any atom is -0.493 e. The molecule has 0 N–H and O–H groups in total. The van der Waals surface area contributed by atoms with Crippen molar-refractivity contribution in [2.24, 2.45) is 0 Å². The summed E-state index contributed by atoms with van der Waals surface area (Å²) in [6, 6.07) is 16.2. The van der Waals surface area contributed by atoms with E-state index in [1.54, 1.807) is 61.6 Å². The Morgan fingerprint density at radius 3 is 2.50 bits per heavy atom. The molecule has 0 spiro atoms. The molecule has 9 heteroatoms. The van der Waals surface area contributed by atoms with Gasteiger partial charge in [-0.3, -0.25) is 9.69 Å². The third kappa shape index (κ3) is 5.49. The van der Waals surface area contributed by atoms with Crippen LogP contribution in [0, 0.1) is 0 Å². The molecule has 2 heterocycles. The quantitative estimate of drug-likeness (QED) is 0.173. The Kier molecular flexibility index (Phi) is 7.66. The minimum absolute atomic E-state index is 0.122. The van der Waals surface area contributed by atoms with Crippen LogP contribution in [0.15, 0.2) is 64.9 Å². The number of benzene rings is 2. The van der Waals surface area contributed by atoms with E-state index in [2.05, 4.69) is 0 Å². The van der Waals surface area contributed by atoms with Crippen molar-refractivity contribution in [3.63, 3.8) is 0 Å². The monoisotopic (exact) mass is 511 g/mol. The average Bonchev–Trinajstić information content (AvgIpc) is 3.48. The summed E-state index contributed by atoms with van der Waals surface area (Å²) < 4.78 is 16.5. The maximum Gasteiger partial charge on any atom is 0.353 e. The summed E-state index contributed by atoms with van der Waals surface area (Å²) in [5.41, 5.74) is 1.83. The molecule has 1 saturated heterocycles. The van der Waals surface area contributed by atoms with E-state index < -0.39 is 5.97 Å². The molecule has 0 bridgehead atoms. The van der Waals surface area contributed by atoms with Gasteiger partial charge in [-0.1, -0.05) is 48.2 Å². The standard InChI is InChI=1S/C25H21NO5S3/c1-29-19-10-7-17(14-20(19)30-2)11-12-26-23(27)22(34-25(26)32)15-16-5-8-18(9-6-16)31-24(28)21-4-3-13-33-21/h3-10,13-15H,11-12H2,1-2H3. The maximum absolute atomic E-state index is 12.9. The number of thioether (sulfide) groups is 1. The Morgan fingerprint density at radius 1 is 1.06 bits per heavy atom. The number of carbonyl (C=O) groups is 2. The number of carbonyl (C=O) groups excluding carboxylic acids is 2. The molecule has 174 valence electrons. The topological polar surface area (TPSA) is 65.1 Å². The average molecular weight is 512 g/mol. The van der Waals surface area contributed by atoms with E-state index in [1.165, 1.54) is 23.1 Å². The molecule has 1 fully saturated rings. The van der Waals surface area contributed by atoms with Gasteiger partial charge in [-0.05, 0) is 59.3 Å². The summed E-state index contributed by atoms with van der Waals surface area (Å²) in [5.74, 6) is 1.24. The number of hydrogen-bond acceptors (Lipinski definition) is 8. The van der Waals surface area contributed by atoms with Crippen LogP contribution in [0.4, 0.5) is 0 Å². The van der Waals surface area contributed by atoms with Gasteiger partial charge >= 0.3 is 5.97 Å². The Bertz CT molecular complexity index is 1240. The lowest BCUT2D eigenvalue weighted by Gasteiger charge is -2.15. The molecule has 1 aromatic heterocycles. The number of hydrogen-bond donors (Lipinski definition) is 0. The van der Waals surface area contributed by atoms with E-state index >= 15 is 0 Å². The first kappa shape index (κ1) is 24.0. The van der Waals surface area contributed by atoms with Crippen LogP contribution in [0.25, 0.3) is 6.08 Å². The number of rotatable bonds is 8. The van der Waals surface area contributed by atoms with Gasteiger partial charge in [0.25, 0.3) is 5.91 Å². The highest BCUT2D eigenvalue weighted by atomic mass is 32.2. The molecule has 0 radical (unpaired) electrons. The van der Waals surface area contributed by atoms with Crippen LogP contribution in [0.5, 0.6) is 17.2 Å². The molecule has 0 aliphatic carbocycles. The third-order valence-electron chi connectivity index (χ3n) is 5.06. The lowest BCUT2D eigenvalue weighted by atomic mass is 10.1. The van der Waals surface area contributed by atoms with Crippen LogP contribution in [0.3, 0.4) is 0 Å². The van der Waals surface area contributed by atoms with Crippen molar-refractivity contribution in [1.82, 2.24) is 4.90 Å². The van der Waals surface area contributed by atoms with Crippen LogP contribution in [-0.2, 0) is 11.2 Å². The number of thiophene rings is 1. The fraction of sp³-hybridized carbons (Fsp3) is 0.160. The van der Waals surface area contributed by atoms with Gasteiger partial charge in [-0.2, -0.15) is 0 Å². The molecule has 0 atom stereocenters. The zero-order valence-electron chi connectivity index (χ0n) is 18.5. The fourth-order valence-electron chi connectivity index (χ4n) is 3.31. The molecule has 0 unspecified atom stereocenters. The predicted octanol–water partition coefficient (Wildman–Crippen LogP) is 5.43. The SMILES string of the molecule is COc1ccc(CCN2C(=O)C(=Cc3ccc(OC(=O)c4cccs4)cc3)SC2=S)cc1OC. The number of thiocarbonyl (C=S) groups is 1. The van der Waals surface area contributed by atoms with E-state index in [9.17, 15) is 9.59 Å². The Morgan fingerprint density at radius 2 is 1.82 bits per heavy atom. The molecule has 34 heavy (non-hydrogen) atoms. The lowest BCUT2D eigenvalue weighted by Crippen LogP contribution is -2.30. The molecule has 1 aliphatic rings. The smallest absolute Gasteiger partial charge is 0.353 e. The Hall–Kier alpha value is -3.14. The van der Waals surface area contributed by atoms with E-state index in [-0.39, 0.29) is 5.91 Å². The maximum atomic E-state index is 12.9. The summed E-state index contributed by atoms with van der Waals surface area (Å²) in [5, 5.41) is 1.82. The minimum atomic E-state index is -0.391. The van der Waals surface area contributed by atoms with Crippen molar-refractivity contribution >= 4 is 57.6 Å². The number of amides is 1. The van der Waals surface area contributed by atoms with Gasteiger partial charge in [-0.15, -0.1) is 11.3 Å². The van der Waals surface area contributed by atoms with E-state index in [4.69, 9.17) is 26.4 Å². The lowest BCUT2D eigenvalue weighted by molar-refractivity contribution is -0.122. The van der Waals surface area contributed by atoms with Crippen molar-refractivity contribution in [2.45, 2.75) is 6.42 Å². The Labute approximate surface area is 211 Å². The van der Waals surface area contributed by atoms with Gasteiger partial charge in [0, 0.05) is 6.54 Å². The van der Waals surface area contributed by atoms with Crippen LogP contribution < -0.4 is 14.2 Å². The van der Waals surface area contributed by atoms with Crippen molar-refractivity contribution in [3.8, 4) is 17.2 Å². The molecular weight excluding hydrogens is 490 g/mol. The number of esters is 1. The van der Waals surface area contributed by atoms with E-state index in [1.807, 2.05) is 23.6 Å². The van der Waals surface area contributed by atoms with Crippen molar-refractivity contribution in [3.05, 3.63) is 80.9 Å². The fourth-order valence-corrected chi connectivity index (χ4v) is 5.21. The first-order valence-corrected chi connectivity index (χ1v) is 12.4. The molecule has 4 rings (SSSR count). The second kappa shape index (κ2) is 10.9. The Balaban J connectivity index is 1.39. The molecular formula is C25H21NO5S3. The van der Waals surface area contributed by atoms with Crippen LogP contribution >= 0.6 is 35.3 Å². The van der Waals surface area contributed by atoms with Crippen LogP contribution in [0.2, 0.25) is 0 Å². The first-order valence-electron chi connectivity index (χ1n) is 10.3. The second-order valence-corrected chi connectivity index (χ2v) is 9.83. The highest BCUT2D eigenvalue weighted by molar-refractivity contribution is 8.26. The number of nitrogens with zero attached hydrogens (tertiary/aromatic N) is 1. The largest absolute Gasteiger partial charge is 0.493 e. The highest BCUT2D eigenvalue weighted by Crippen LogP contribution is 2.33. The molecule has 3 aromatic rings. The first-order chi connectivity index (χ1) is 16.5. The summed E-state index contributed by atoms with van der Waals surface area (Å²) >= 11 is 8.05. The predicted molar refractivity (Wildman–Crippen MR) is 139 cm³/mol. The normalized spacial score (nSPS) is 14.5. The van der Waals surface area contributed by atoms with Gasteiger partial charge in [0.2, 0.25) is 0 Å². The van der Waals surface area contributed by atoms with E-state index in [0.717, 1.165) is 11.1 Å². The summed E-state index contributed by atoms with van der Waals surface area (Å²) in [6.45, 7) is 0.467. The molecule has 1 amide bonds. The van der Waals surface area contributed by atoms with Crippen molar-refractivity contribution in [1.29, 1.82) is 0 Å². The van der Waals surface area contributed by atoms with Gasteiger partial charge in [0.15, 0.2) is 11.5 Å². The van der Waals surface area contributed by atoms with Gasteiger partial charge in [-0.25, -0.2) is 4.79 Å². The van der Waals surface area contributed by atoms with Crippen molar-refractivity contribution in [2.75, 3.05) is 20.8 Å². The van der Waals surface area contributed by atoms with Gasteiger partial charge in [0.1, 0.15) is 14.9 Å². The van der Waals surface area contributed by atoms with Crippen molar-refractivity contribution < 1.29 is 23.8 Å². The summed E-state index contributed by atoms with van der Waals surface area (Å²) in [7, 11) is 3.18. The summed E-state index contributed by atoms with van der Waals surface area (Å²) in [4.78, 5) is 27.7. The zero-order chi connectivity index (χ0) is 24.1. The second-order valence-electron chi connectivity index (χ2n) is 7.21. The molecule has 6 nitrogen and oxygen atoms in total. The number of methoxy groups -OCH3 is 2. The van der Waals surface area contributed by atoms with Gasteiger partial charge < -0.3 is 14.2 Å². The van der Waals surface area contributed by atoms with Gasteiger partial charge in [0.05, 0.1) is 19.1 Å². The zero-order valence-corrected chi connectivity index (χ0v) is 20.9. The highest BCUT2D eigenvalue weighted by Gasteiger charge is 2.31. The molecule has 2 aromatic carbocycles.